The molecule has 3 aromatic rings. The first-order chi connectivity index (χ1) is 12.2. The highest BCUT2D eigenvalue weighted by Crippen LogP contribution is 2.29. The molecule has 0 bridgehead atoms. The van der Waals surface area contributed by atoms with E-state index in [1.165, 1.54) is 34.0 Å². The summed E-state index contributed by atoms with van der Waals surface area (Å²) in [5.41, 5.74) is 0.964. The van der Waals surface area contributed by atoms with E-state index in [0.29, 0.717) is 29.5 Å². The van der Waals surface area contributed by atoms with Crippen molar-refractivity contribution in [2.75, 3.05) is 17.2 Å². The van der Waals surface area contributed by atoms with E-state index in [2.05, 4.69) is 15.6 Å². The van der Waals surface area contributed by atoms with E-state index in [0.717, 1.165) is 15.6 Å². The molecule has 0 saturated carbocycles. The third-order valence-electron chi connectivity index (χ3n) is 3.74. The number of amides is 3. The van der Waals surface area contributed by atoms with Crippen LogP contribution in [0.5, 0.6) is 0 Å². The molecule has 4 rings (SSSR count). The van der Waals surface area contributed by atoms with Crippen LogP contribution >= 0.6 is 34.0 Å². The first-order valence-electron chi connectivity index (χ1n) is 7.62. The number of aromatic nitrogens is 1. The molecule has 3 amide bonds. The van der Waals surface area contributed by atoms with Crippen molar-refractivity contribution in [3.63, 3.8) is 0 Å². The van der Waals surface area contributed by atoms with Crippen molar-refractivity contribution in [1.82, 2.24) is 9.88 Å². The van der Waals surface area contributed by atoms with Crippen molar-refractivity contribution in [3.05, 3.63) is 50.5 Å². The van der Waals surface area contributed by atoms with E-state index in [1.807, 2.05) is 29.0 Å². The molecule has 3 aromatic heterocycles. The molecule has 0 radical (unpaired) electrons. The zero-order chi connectivity index (χ0) is 17.2. The van der Waals surface area contributed by atoms with Gasteiger partial charge in [-0.3, -0.25) is 15.4 Å². The zero-order valence-electron chi connectivity index (χ0n) is 13.0. The molecule has 0 fully saturated rings. The molecule has 1 aliphatic rings. The highest BCUT2D eigenvalue weighted by Gasteiger charge is 2.25. The molecule has 2 N–H and O–H groups in total. The van der Waals surface area contributed by atoms with E-state index in [-0.39, 0.29) is 11.9 Å². The molecule has 6 nitrogen and oxygen atoms in total. The van der Waals surface area contributed by atoms with Gasteiger partial charge in [0.1, 0.15) is 0 Å². The van der Waals surface area contributed by atoms with Crippen molar-refractivity contribution in [3.8, 4) is 0 Å². The molecule has 1 aliphatic heterocycles. The minimum absolute atomic E-state index is 0.106. The minimum Gasteiger partial charge on any atom is -0.319 e. The summed E-state index contributed by atoms with van der Waals surface area (Å²) in [6.45, 7) is 1.13. The summed E-state index contributed by atoms with van der Waals surface area (Å²) in [7, 11) is 0. The van der Waals surface area contributed by atoms with Crippen LogP contribution in [-0.4, -0.2) is 28.4 Å². The second kappa shape index (κ2) is 6.95. The van der Waals surface area contributed by atoms with Crippen LogP contribution in [0.2, 0.25) is 0 Å². The Morgan fingerprint density at radius 2 is 1.96 bits per heavy atom. The largest absolute Gasteiger partial charge is 0.322 e. The minimum atomic E-state index is -0.145. The van der Waals surface area contributed by atoms with Gasteiger partial charge in [-0.05, 0) is 29.0 Å². The normalized spacial score (nSPS) is 13.4. The Balaban J connectivity index is 1.42. The van der Waals surface area contributed by atoms with Crippen LogP contribution in [-0.2, 0) is 13.0 Å². The topological polar surface area (TPSA) is 74.3 Å². The number of carbonyl (C=O) groups is 2. The molecular formula is C16H14N4O2S3. The van der Waals surface area contributed by atoms with Gasteiger partial charge in [-0.15, -0.1) is 22.7 Å². The standard InChI is InChI=1S/C16H14N4O2S3/c21-14(11-3-1-7-23-11)19-15-17-10-5-6-20(9-12(10)25-15)16(22)18-13-4-2-8-24-13/h1-4,7-8H,5-6,9H2,(H,18,22)(H,17,19,21). The van der Waals surface area contributed by atoms with E-state index in [4.69, 9.17) is 0 Å². The Labute approximate surface area is 156 Å². The number of anilines is 2. The van der Waals surface area contributed by atoms with Gasteiger partial charge >= 0.3 is 6.03 Å². The number of carbonyl (C=O) groups excluding carboxylic acids is 2. The maximum Gasteiger partial charge on any atom is 0.322 e. The second-order valence-corrected chi connectivity index (χ2v) is 8.38. The van der Waals surface area contributed by atoms with Crippen molar-refractivity contribution < 1.29 is 9.59 Å². The lowest BCUT2D eigenvalue weighted by Gasteiger charge is -2.25. The van der Waals surface area contributed by atoms with Gasteiger partial charge in [-0.2, -0.15) is 0 Å². The van der Waals surface area contributed by atoms with Crippen LogP contribution in [0.4, 0.5) is 14.9 Å². The Morgan fingerprint density at radius 1 is 1.12 bits per heavy atom. The maximum absolute atomic E-state index is 12.4. The van der Waals surface area contributed by atoms with Gasteiger partial charge in [0.15, 0.2) is 5.13 Å². The Hall–Kier alpha value is -2.23. The summed E-state index contributed by atoms with van der Waals surface area (Å²) in [6.07, 6.45) is 0.693. The van der Waals surface area contributed by atoms with Gasteiger partial charge in [0.2, 0.25) is 0 Å². The number of urea groups is 1. The van der Waals surface area contributed by atoms with Gasteiger partial charge in [-0.25, -0.2) is 9.78 Å². The van der Waals surface area contributed by atoms with E-state index in [1.54, 1.807) is 11.0 Å². The van der Waals surface area contributed by atoms with Crippen LogP contribution in [0.25, 0.3) is 0 Å². The smallest absolute Gasteiger partial charge is 0.319 e. The lowest BCUT2D eigenvalue weighted by atomic mass is 10.2. The third kappa shape index (κ3) is 3.58. The predicted molar refractivity (Wildman–Crippen MR) is 102 cm³/mol. The summed E-state index contributed by atoms with van der Waals surface area (Å²) < 4.78 is 0. The van der Waals surface area contributed by atoms with Crippen molar-refractivity contribution in [1.29, 1.82) is 0 Å². The quantitative estimate of drug-likeness (QED) is 0.707. The van der Waals surface area contributed by atoms with Crippen LogP contribution in [0.3, 0.4) is 0 Å². The monoisotopic (exact) mass is 390 g/mol. The van der Waals surface area contributed by atoms with Crippen LogP contribution in [0.1, 0.15) is 20.2 Å². The van der Waals surface area contributed by atoms with E-state index in [9.17, 15) is 9.59 Å². The fraction of sp³-hybridized carbons (Fsp3) is 0.188. The van der Waals surface area contributed by atoms with Gasteiger partial charge in [-0.1, -0.05) is 17.4 Å². The molecule has 9 heteroatoms. The van der Waals surface area contributed by atoms with Crippen molar-refractivity contribution in [2.24, 2.45) is 0 Å². The first-order valence-corrected chi connectivity index (χ1v) is 10.2. The number of nitrogens with zero attached hydrogens (tertiary/aromatic N) is 2. The predicted octanol–water partition coefficient (Wildman–Crippen LogP) is 4.11. The molecular weight excluding hydrogens is 376 g/mol. The fourth-order valence-electron chi connectivity index (χ4n) is 2.52. The van der Waals surface area contributed by atoms with Gasteiger partial charge in [0, 0.05) is 17.8 Å². The molecule has 0 aliphatic carbocycles. The third-order valence-corrected chi connectivity index (χ3v) is 6.39. The molecule has 25 heavy (non-hydrogen) atoms. The van der Waals surface area contributed by atoms with Crippen LogP contribution in [0, 0.1) is 0 Å². The van der Waals surface area contributed by atoms with Crippen molar-refractivity contribution >= 4 is 56.1 Å². The van der Waals surface area contributed by atoms with Crippen LogP contribution < -0.4 is 10.6 Å². The summed E-state index contributed by atoms with van der Waals surface area (Å²) in [4.78, 5) is 32.4. The maximum atomic E-state index is 12.4. The average Bonchev–Trinajstić information content (AvgIpc) is 3.35. The van der Waals surface area contributed by atoms with Crippen LogP contribution in [0.15, 0.2) is 35.0 Å². The fourth-order valence-corrected chi connectivity index (χ4v) is 4.77. The number of thiophene rings is 2. The molecule has 0 atom stereocenters. The summed E-state index contributed by atoms with van der Waals surface area (Å²) in [5.74, 6) is -0.145. The van der Waals surface area contributed by atoms with Gasteiger partial charge < -0.3 is 4.90 Å². The van der Waals surface area contributed by atoms with E-state index >= 15 is 0 Å². The average molecular weight is 391 g/mol. The number of hydrogen-bond donors (Lipinski definition) is 2. The van der Waals surface area contributed by atoms with Gasteiger partial charge in [0.05, 0.1) is 22.1 Å². The van der Waals surface area contributed by atoms with Gasteiger partial charge in [0.25, 0.3) is 5.91 Å². The highest BCUT2D eigenvalue weighted by atomic mass is 32.1. The Morgan fingerprint density at radius 3 is 2.72 bits per heavy atom. The SMILES string of the molecule is O=C(Nc1nc2c(s1)CN(C(=O)Nc1cccs1)CC2)c1cccs1. The Kier molecular flexibility index (Phi) is 4.51. The highest BCUT2D eigenvalue weighted by molar-refractivity contribution is 7.16. The lowest BCUT2D eigenvalue weighted by molar-refractivity contribution is 0.103. The lowest BCUT2D eigenvalue weighted by Crippen LogP contribution is -2.38. The Bertz CT molecular complexity index is 887. The second-order valence-electron chi connectivity index (χ2n) is 5.40. The summed E-state index contributed by atoms with van der Waals surface area (Å²) in [5, 5.41) is 11.0. The molecule has 0 unspecified atom stereocenters. The number of thiazole rings is 1. The number of rotatable bonds is 3. The number of nitrogens with one attached hydrogen (secondary N) is 2. The van der Waals surface area contributed by atoms with E-state index < -0.39 is 0 Å². The first kappa shape index (κ1) is 16.2. The summed E-state index contributed by atoms with van der Waals surface area (Å²) in [6, 6.07) is 7.30. The zero-order valence-corrected chi connectivity index (χ0v) is 15.5. The molecule has 0 aromatic carbocycles. The number of fused-ring (bicyclic) bond motifs is 1. The molecule has 0 saturated heterocycles. The van der Waals surface area contributed by atoms with Crippen molar-refractivity contribution in [2.45, 2.75) is 13.0 Å². The summed E-state index contributed by atoms with van der Waals surface area (Å²) >= 11 is 4.32. The molecule has 0 spiro atoms. The molecule has 4 heterocycles. The number of hydrogen-bond acceptors (Lipinski definition) is 6. The molecule has 128 valence electrons.